The monoisotopic (exact) mass is 555 g/mol. The number of aromatic nitrogens is 4. The number of halogens is 2. The zero-order chi connectivity index (χ0) is 26.9. The van der Waals surface area contributed by atoms with Gasteiger partial charge in [0.2, 0.25) is 5.95 Å². The van der Waals surface area contributed by atoms with Crippen LogP contribution in [0.3, 0.4) is 0 Å². The zero-order valence-electron chi connectivity index (χ0n) is 20.0. The first-order valence-electron chi connectivity index (χ1n) is 11.8. The van der Waals surface area contributed by atoms with Crippen molar-refractivity contribution in [3.8, 4) is 0 Å². The lowest BCUT2D eigenvalue weighted by Gasteiger charge is -2.07. The second-order valence-electron chi connectivity index (χ2n) is 8.67. The van der Waals surface area contributed by atoms with Crippen molar-refractivity contribution in [3.63, 3.8) is 0 Å². The summed E-state index contributed by atoms with van der Waals surface area (Å²) in [6.45, 7) is 0. The smallest absolute Gasteiger partial charge is 0.256 e. The van der Waals surface area contributed by atoms with Crippen LogP contribution in [-0.4, -0.2) is 32.0 Å². The molecule has 2 aromatic heterocycles. The average molecular weight is 556 g/mol. The Balaban J connectivity index is 1.20. The molecule has 0 bridgehead atoms. The predicted molar refractivity (Wildman–Crippen MR) is 154 cm³/mol. The van der Waals surface area contributed by atoms with E-state index < -0.39 is 0 Å². The standard InChI is InChI=1S/C28H19Cl2N7O2/c29-17-7-10-22(20(30)13-17)32-28-33-23-9-6-16(12-24(23)34-28)27(39)31-18-8-11-21-19(14-18)25(37-36-21)35-26(38)15-4-2-1-3-5-15/h1-14H,(H,31,39)(H2,32,33,34)(H2,35,36,37,38). The van der Waals surface area contributed by atoms with Crippen LogP contribution in [-0.2, 0) is 0 Å². The third kappa shape index (κ3) is 5.13. The molecule has 4 aromatic carbocycles. The molecule has 0 unspecified atom stereocenters. The summed E-state index contributed by atoms with van der Waals surface area (Å²) in [5, 5.41) is 17.6. The number of nitrogens with one attached hydrogen (secondary N) is 5. The number of carbonyl (C=O) groups excluding carboxylic acids is 2. The summed E-state index contributed by atoms with van der Waals surface area (Å²) in [5.74, 6) is 0.259. The van der Waals surface area contributed by atoms with Crippen LogP contribution in [0.15, 0.2) is 84.9 Å². The Morgan fingerprint density at radius 2 is 1.59 bits per heavy atom. The van der Waals surface area contributed by atoms with Gasteiger partial charge in [-0.05, 0) is 66.7 Å². The maximum atomic E-state index is 13.1. The minimum absolute atomic E-state index is 0.279. The minimum Gasteiger partial charge on any atom is -0.324 e. The lowest BCUT2D eigenvalue weighted by atomic mass is 10.1. The van der Waals surface area contributed by atoms with Crippen LogP contribution < -0.4 is 16.0 Å². The van der Waals surface area contributed by atoms with Gasteiger partial charge in [-0.25, -0.2) is 4.98 Å². The Bertz CT molecular complexity index is 1860. The number of imidazole rings is 1. The molecule has 0 atom stereocenters. The van der Waals surface area contributed by atoms with Crippen LogP contribution in [0.2, 0.25) is 10.0 Å². The van der Waals surface area contributed by atoms with Crippen molar-refractivity contribution in [1.82, 2.24) is 20.2 Å². The first-order valence-corrected chi connectivity index (χ1v) is 12.6. The first kappa shape index (κ1) is 24.5. The topological polar surface area (TPSA) is 128 Å². The van der Waals surface area contributed by atoms with Crippen molar-refractivity contribution in [2.75, 3.05) is 16.0 Å². The van der Waals surface area contributed by atoms with Gasteiger partial charge in [0.05, 0.1) is 27.3 Å². The van der Waals surface area contributed by atoms with Crippen molar-refractivity contribution in [1.29, 1.82) is 0 Å². The molecule has 39 heavy (non-hydrogen) atoms. The van der Waals surface area contributed by atoms with E-state index in [1.807, 2.05) is 6.07 Å². The average Bonchev–Trinajstić information content (AvgIpc) is 3.53. The van der Waals surface area contributed by atoms with Gasteiger partial charge in [-0.1, -0.05) is 41.4 Å². The number of aromatic amines is 2. The minimum atomic E-state index is -0.306. The third-order valence-electron chi connectivity index (χ3n) is 6.02. The maximum absolute atomic E-state index is 13.1. The second kappa shape index (κ2) is 10.1. The molecule has 0 fully saturated rings. The van der Waals surface area contributed by atoms with E-state index in [0.717, 1.165) is 5.52 Å². The largest absolute Gasteiger partial charge is 0.324 e. The van der Waals surface area contributed by atoms with Crippen molar-refractivity contribution in [3.05, 3.63) is 106 Å². The highest BCUT2D eigenvalue weighted by Gasteiger charge is 2.14. The SMILES string of the molecule is O=C(Nc1ccc2[nH]nc(NC(=O)c3ccccc3)c2c1)c1ccc2nc(Nc3ccc(Cl)cc3Cl)[nH]c2c1. The molecule has 0 radical (unpaired) electrons. The van der Waals surface area contributed by atoms with E-state index in [1.165, 1.54) is 0 Å². The van der Waals surface area contributed by atoms with Gasteiger partial charge >= 0.3 is 0 Å². The normalized spacial score (nSPS) is 11.0. The van der Waals surface area contributed by atoms with Crippen molar-refractivity contribution in [2.45, 2.75) is 0 Å². The number of hydrogen-bond acceptors (Lipinski definition) is 5. The van der Waals surface area contributed by atoms with Crippen LogP contribution in [0, 0.1) is 0 Å². The summed E-state index contributed by atoms with van der Waals surface area (Å²) in [6.07, 6.45) is 0. The lowest BCUT2D eigenvalue weighted by Crippen LogP contribution is -2.13. The number of nitrogens with zero attached hydrogens (tertiary/aromatic N) is 2. The number of carbonyl (C=O) groups is 2. The summed E-state index contributed by atoms with van der Waals surface area (Å²) in [5.41, 5.74) is 4.22. The highest BCUT2D eigenvalue weighted by molar-refractivity contribution is 6.36. The fraction of sp³-hybridized carbons (Fsp3) is 0. The Morgan fingerprint density at radius 3 is 2.41 bits per heavy atom. The van der Waals surface area contributed by atoms with E-state index in [2.05, 4.69) is 36.1 Å². The van der Waals surface area contributed by atoms with E-state index in [4.69, 9.17) is 23.2 Å². The Hall–Kier alpha value is -4.86. The molecule has 6 aromatic rings. The molecule has 0 aliphatic rings. The van der Waals surface area contributed by atoms with Crippen molar-refractivity contribution < 1.29 is 9.59 Å². The summed E-state index contributed by atoms with van der Waals surface area (Å²) in [6, 6.07) is 24.4. The molecule has 192 valence electrons. The molecule has 0 spiro atoms. The maximum Gasteiger partial charge on any atom is 0.256 e. The molecule has 9 nitrogen and oxygen atoms in total. The zero-order valence-corrected chi connectivity index (χ0v) is 21.6. The number of amides is 2. The molecule has 0 saturated heterocycles. The van der Waals surface area contributed by atoms with Crippen LogP contribution in [0.5, 0.6) is 0 Å². The first-order chi connectivity index (χ1) is 18.9. The van der Waals surface area contributed by atoms with Gasteiger partial charge in [0.15, 0.2) is 5.82 Å². The van der Waals surface area contributed by atoms with Crippen LogP contribution in [0.1, 0.15) is 20.7 Å². The van der Waals surface area contributed by atoms with Gasteiger partial charge < -0.3 is 20.9 Å². The highest BCUT2D eigenvalue weighted by atomic mass is 35.5. The van der Waals surface area contributed by atoms with E-state index in [0.29, 0.717) is 60.7 Å². The Morgan fingerprint density at radius 1 is 0.769 bits per heavy atom. The van der Waals surface area contributed by atoms with Crippen LogP contribution in [0.4, 0.5) is 23.1 Å². The molecule has 11 heteroatoms. The van der Waals surface area contributed by atoms with E-state index in [-0.39, 0.29) is 11.8 Å². The fourth-order valence-electron chi connectivity index (χ4n) is 4.09. The Kier molecular flexibility index (Phi) is 6.36. The van der Waals surface area contributed by atoms with Crippen LogP contribution in [0.25, 0.3) is 21.9 Å². The lowest BCUT2D eigenvalue weighted by molar-refractivity contribution is 0.101. The molecule has 0 aliphatic heterocycles. The van der Waals surface area contributed by atoms with E-state index in [9.17, 15) is 9.59 Å². The molecular weight excluding hydrogens is 537 g/mol. The Labute approximate surface area is 231 Å². The van der Waals surface area contributed by atoms with Gasteiger partial charge in [-0.2, -0.15) is 5.10 Å². The van der Waals surface area contributed by atoms with E-state index in [1.54, 1.807) is 78.9 Å². The molecule has 6 rings (SSSR count). The predicted octanol–water partition coefficient (Wildman–Crippen LogP) is 6.99. The molecule has 2 heterocycles. The third-order valence-corrected chi connectivity index (χ3v) is 6.56. The number of rotatable bonds is 6. The number of fused-ring (bicyclic) bond motifs is 2. The van der Waals surface area contributed by atoms with Crippen molar-refractivity contribution >= 4 is 80.1 Å². The van der Waals surface area contributed by atoms with Gasteiger partial charge in [-0.3, -0.25) is 14.7 Å². The second-order valence-corrected chi connectivity index (χ2v) is 9.52. The molecule has 5 N–H and O–H groups in total. The van der Waals surface area contributed by atoms with Crippen LogP contribution >= 0.6 is 23.2 Å². The van der Waals surface area contributed by atoms with Gasteiger partial charge in [-0.15, -0.1) is 0 Å². The highest BCUT2D eigenvalue weighted by Crippen LogP contribution is 2.29. The fourth-order valence-corrected chi connectivity index (χ4v) is 4.54. The summed E-state index contributed by atoms with van der Waals surface area (Å²) < 4.78 is 0. The summed E-state index contributed by atoms with van der Waals surface area (Å²) >= 11 is 12.2. The summed E-state index contributed by atoms with van der Waals surface area (Å²) in [4.78, 5) is 33.3. The molecule has 0 saturated carbocycles. The summed E-state index contributed by atoms with van der Waals surface area (Å²) in [7, 11) is 0. The van der Waals surface area contributed by atoms with Gasteiger partial charge in [0.25, 0.3) is 11.8 Å². The molecule has 0 aliphatic carbocycles. The molecule has 2 amide bonds. The molecular formula is C28H19Cl2N7O2. The van der Waals surface area contributed by atoms with Crippen molar-refractivity contribution in [2.24, 2.45) is 0 Å². The van der Waals surface area contributed by atoms with E-state index >= 15 is 0 Å². The number of hydrogen-bond donors (Lipinski definition) is 5. The van der Waals surface area contributed by atoms with Gasteiger partial charge in [0.1, 0.15) is 0 Å². The number of benzene rings is 4. The van der Waals surface area contributed by atoms with Gasteiger partial charge in [0, 0.05) is 27.2 Å². The quantitative estimate of drug-likeness (QED) is 0.151. The number of anilines is 4. The number of H-pyrrole nitrogens is 2.